The number of hydrogen-bond donors (Lipinski definition) is 1. The molecule has 29 heavy (non-hydrogen) atoms. The molecule has 0 bridgehead atoms. The molecule has 0 aliphatic carbocycles. The van der Waals surface area contributed by atoms with Crippen molar-refractivity contribution in [1.82, 2.24) is 9.55 Å². The highest BCUT2D eigenvalue weighted by Gasteiger charge is 2.34. The Hall–Kier alpha value is -2.85. The third-order valence-corrected chi connectivity index (χ3v) is 5.69. The van der Waals surface area contributed by atoms with Gasteiger partial charge < -0.3 is 4.57 Å². The summed E-state index contributed by atoms with van der Waals surface area (Å²) in [4.78, 5) is 15.7. The number of alkyl halides is 3. The van der Waals surface area contributed by atoms with Gasteiger partial charge in [-0.25, -0.2) is 13.4 Å². The van der Waals surface area contributed by atoms with Crippen molar-refractivity contribution in [2.75, 3.05) is 4.72 Å². The maximum Gasteiger partial charge on any atom is 0.417 e. The van der Waals surface area contributed by atoms with E-state index in [0.717, 1.165) is 12.1 Å². The molecule has 0 radical (unpaired) electrons. The molecule has 0 unspecified atom stereocenters. The summed E-state index contributed by atoms with van der Waals surface area (Å²) in [6.07, 6.45) is -1.72. The fraction of sp³-hybridized carbons (Fsp3) is 0.111. The number of carbonyl (C=O) groups excluding carboxylic acids is 1. The summed E-state index contributed by atoms with van der Waals surface area (Å²) in [7, 11) is -2.65. The molecule has 11 heteroatoms. The molecule has 0 amide bonds. The number of carbonyl (C=O) groups is 1. The fourth-order valence-corrected chi connectivity index (χ4v) is 3.82. The molecule has 0 saturated carbocycles. The molecule has 0 spiro atoms. The number of ketones is 1. The molecule has 0 fully saturated rings. The van der Waals surface area contributed by atoms with Crippen molar-refractivity contribution in [3.05, 3.63) is 76.8 Å². The van der Waals surface area contributed by atoms with E-state index in [1.54, 1.807) is 13.2 Å². The Morgan fingerprint density at radius 3 is 2.34 bits per heavy atom. The van der Waals surface area contributed by atoms with E-state index in [4.69, 9.17) is 11.6 Å². The SMILES string of the molecule is Cn1ccnc1C(=O)c1ccc(NS(=O)(=O)c2ccc(Cl)c(C(F)(F)F)c2)cc1. The second-order valence-electron chi connectivity index (χ2n) is 6.01. The first-order valence-electron chi connectivity index (χ1n) is 8.01. The molecule has 0 aliphatic heterocycles. The van der Waals surface area contributed by atoms with Crippen LogP contribution in [-0.4, -0.2) is 23.8 Å². The van der Waals surface area contributed by atoms with Gasteiger partial charge in [-0.3, -0.25) is 9.52 Å². The number of benzene rings is 2. The van der Waals surface area contributed by atoms with Crippen LogP contribution in [0.15, 0.2) is 59.8 Å². The number of aryl methyl sites for hydroxylation is 1. The third kappa shape index (κ3) is 4.43. The Bertz CT molecular complexity index is 1170. The zero-order valence-electron chi connectivity index (χ0n) is 14.7. The van der Waals surface area contributed by atoms with Gasteiger partial charge in [-0.2, -0.15) is 13.2 Å². The average Bonchev–Trinajstić information content (AvgIpc) is 3.06. The van der Waals surface area contributed by atoms with Gasteiger partial charge in [-0.1, -0.05) is 11.6 Å². The van der Waals surface area contributed by atoms with Crippen LogP contribution in [0, 0.1) is 0 Å². The van der Waals surface area contributed by atoms with Crippen molar-refractivity contribution in [2.24, 2.45) is 7.05 Å². The van der Waals surface area contributed by atoms with Crippen LogP contribution >= 0.6 is 11.6 Å². The quantitative estimate of drug-likeness (QED) is 0.601. The largest absolute Gasteiger partial charge is 0.417 e. The number of nitrogens with zero attached hydrogens (tertiary/aromatic N) is 2. The van der Waals surface area contributed by atoms with Crippen LogP contribution in [0.3, 0.4) is 0 Å². The Labute approximate surface area is 169 Å². The molecule has 0 atom stereocenters. The van der Waals surface area contributed by atoms with Crippen molar-refractivity contribution in [3.63, 3.8) is 0 Å². The van der Waals surface area contributed by atoms with Crippen LogP contribution in [0.4, 0.5) is 18.9 Å². The lowest BCUT2D eigenvalue weighted by Gasteiger charge is -2.12. The molecular formula is C18H13ClF3N3O3S. The van der Waals surface area contributed by atoms with Gasteiger partial charge in [0.15, 0.2) is 5.82 Å². The van der Waals surface area contributed by atoms with Gasteiger partial charge in [0.05, 0.1) is 15.5 Å². The maximum absolute atomic E-state index is 13.0. The molecule has 3 aromatic rings. The second kappa shape index (κ2) is 7.53. The first kappa shape index (κ1) is 20.9. The predicted octanol–water partition coefficient (Wildman–Crippen LogP) is 4.12. The second-order valence-corrected chi connectivity index (χ2v) is 8.10. The Balaban J connectivity index is 1.84. The summed E-state index contributed by atoms with van der Waals surface area (Å²) in [5.41, 5.74) is -0.906. The topological polar surface area (TPSA) is 81.1 Å². The minimum absolute atomic E-state index is 0.0740. The van der Waals surface area contributed by atoms with Crippen LogP contribution in [0.1, 0.15) is 21.7 Å². The summed E-state index contributed by atoms with van der Waals surface area (Å²) >= 11 is 5.52. The lowest BCUT2D eigenvalue weighted by atomic mass is 10.1. The van der Waals surface area contributed by atoms with Crippen molar-refractivity contribution >= 4 is 33.1 Å². The molecule has 152 valence electrons. The minimum Gasteiger partial charge on any atom is -0.331 e. The molecule has 0 aliphatic rings. The highest BCUT2D eigenvalue weighted by atomic mass is 35.5. The van der Waals surface area contributed by atoms with Crippen molar-refractivity contribution < 1.29 is 26.4 Å². The summed E-state index contributed by atoms with van der Waals surface area (Å²) in [5.74, 6) is -0.154. The third-order valence-electron chi connectivity index (χ3n) is 3.98. The number of aromatic nitrogens is 2. The van der Waals surface area contributed by atoms with E-state index < -0.39 is 31.7 Å². The van der Waals surface area contributed by atoms with Crippen molar-refractivity contribution in [2.45, 2.75) is 11.1 Å². The highest BCUT2D eigenvalue weighted by molar-refractivity contribution is 7.92. The van der Waals surface area contributed by atoms with Crippen molar-refractivity contribution in [1.29, 1.82) is 0 Å². The first-order chi connectivity index (χ1) is 13.5. The molecular weight excluding hydrogens is 431 g/mol. The molecule has 0 saturated heterocycles. The number of imidazole rings is 1. The molecule has 6 nitrogen and oxygen atoms in total. The van der Waals surface area contributed by atoms with Gasteiger partial charge in [0, 0.05) is 30.7 Å². The summed E-state index contributed by atoms with van der Waals surface area (Å²) in [5, 5.41) is -0.603. The van der Waals surface area contributed by atoms with E-state index in [-0.39, 0.29) is 22.9 Å². The van der Waals surface area contributed by atoms with Gasteiger partial charge in [0.2, 0.25) is 5.78 Å². The van der Waals surface area contributed by atoms with Crippen LogP contribution < -0.4 is 4.72 Å². The molecule has 1 N–H and O–H groups in total. The first-order valence-corrected chi connectivity index (χ1v) is 9.87. The zero-order chi connectivity index (χ0) is 21.4. The van der Waals surface area contributed by atoms with Crippen LogP contribution in [-0.2, 0) is 23.2 Å². The van der Waals surface area contributed by atoms with E-state index in [2.05, 4.69) is 9.71 Å². The Morgan fingerprint density at radius 1 is 1.14 bits per heavy atom. The number of sulfonamides is 1. The molecule has 2 aromatic carbocycles. The number of rotatable bonds is 5. The number of anilines is 1. The maximum atomic E-state index is 13.0. The van der Waals surface area contributed by atoms with E-state index in [0.29, 0.717) is 6.07 Å². The van der Waals surface area contributed by atoms with E-state index in [1.807, 2.05) is 0 Å². The van der Waals surface area contributed by atoms with E-state index in [1.165, 1.54) is 35.0 Å². The van der Waals surface area contributed by atoms with Gasteiger partial charge in [0.1, 0.15) is 0 Å². The zero-order valence-corrected chi connectivity index (χ0v) is 16.3. The van der Waals surface area contributed by atoms with E-state index >= 15 is 0 Å². The predicted molar refractivity (Wildman–Crippen MR) is 100 cm³/mol. The summed E-state index contributed by atoms with van der Waals surface area (Å²) < 4.78 is 67.5. The summed E-state index contributed by atoms with van der Waals surface area (Å²) in [6.45, 7) is 0. The van der Waals surface area contributed by atoms with Crippen LogP contribution in [0.2, 0.25) is 5.02 Å². The summed E-state index contributed by atoms with van der Waals surface area (Å²) in [6, 6.07) is 7.73. The lowest BCUT2D eigenvalue weighted by molar-refractivity contribution is -0.137. The number of nitrogens with one attached hydrogen (secondary N) is 1. The normalized spacial score (nSPS) is 12.0. The van der Waals surface area contributed by atoms with Crippen LogP contribution in [0.5, 0.6) is 0 Å². The fourth-order valence-electron chi connectivity index (χ4n) is 2.51. The van der Waals surface area contributed by atoms with Crippen molar-refractivity contribution in [3.8, 4) is 0 Å². The Kier molecular flexibility index (Phi) is 5.42. The minimum atomic E-state index is -4.80. The molecule has 1 heterocycles. The van der Waals surface area contributed by atoms with Gasteiger partial charge in [-0.15, -0.1) is 0 Å². The van der Waals surface area contributed by atoms with Gasteiger partial charge >= 0.3 is 6.18 Å². The molecule has 3 rings (SSSR count). The monoisotopic (exact) mass is 443 g/mol. The van der Waals surface area contributed by atoms with Gasteiger partial charge in [-0.05, 0) is 42.5 Å². The van der Waals surface area contributed by atoms with Gasteiger partial charge in [0.25, 0.3) is 10.0 Å². The van der Waals surface area contributed by atoms with E-state index in [9.17, 15) is 26.4 Å². The Morgan fingerprint density at radius 2 is 1.79 bits per heavy atom. The molecule has 1 aromatic heterocycles. The number of hydrogen-bond acceptors (Lipinski definition) is 4. The lowest BCUT2D eigenvalue weighted by Crippen LogP contribution is -2.15. The number of halogens is 4. The van der Waals surface area contributed by atoms with Crippen LogP contribution in [0.25, 0.3) is 0 Å². The standard InChI is InChI=1S/C18H13ClF3N3O3S/c1-25-9-8-23-17(25)16(26)11-2-4-12(5-3-11)24-29(27,28)13-6-7-15(19)14(10-13)18(20,21)22/h2-10,24H,1H3. The average molecular weight is 444 g/mol. The smallest absolute Gasteiger partial charge is 0.331 e. The highest BCUT2D eigenvalue weighted by Crippen LogP contribution is 2.36.